The highest BCUT2D eigenvalue weighted by atomic mass is 32.1. The van der Waals surface area contributed by atoms with Gasteiger partial charge >= 0.3 is 0 Å². The third-order valence-electron chi connectivity index (χ3n) is 6.37. The maximum absolute atomic E-state index is 6.17. The molecule has 2 aliphatic heterocycles. The number of aromatic nitrogens is 3. The molecule has 0 amide bonds. The predicted molar refractivity (Wildman–Crippen MR) is 135 cm³/mol. The third kappa shape index (κ3) is 5.42. The van der Waals surface area contributed by atoms with Gasteiger partial charge in [-0.15, -0.1) is 11.3 Å². The van der Waals surface area contributed by atoms with Crippen LogP contribution in [0.5, 0.6) is 11.5 Å². The standard InChI is InChI=1S/C25H33N5O3S/c1-17-15-26-25(34-17)24-28-20-14-22(33-12-6-10-30-8-3-4-9-30)21(31-2)13-19(20)23(29-24)27-18-7-5-11-32-16-18/h13-15,18H,3-12,16H2,1-2H3,(H,27,28,29). The van der Waals surface area contributed by atoms with Crippen LogP contribution in [0.25, 0.3) is 21.7 Å². The van der Waals surface area contributed by atoms with Crippen LogP contribution in [0.15, 0.2) is 18.3 Å². The quantitative estimate of drug-likeness (QED) is 0.445. The number of fused-ring (bicyclic) bond motifs is 1. The van der Waals surface area contributed by atoms with E-state index < -0.39 is 0 Å². The van der Waals surface area contributed by atoms with Gasteiger partial charge in [0.25, 0.3) is 0 Å². The molecule has 0 spiro atoms. The lowest BCUT2D eigenvalue weighted by Gasteiger charge is -2.24. The molecule has 0 aliphatic carbocycles. The van der Waals surface area contributed by atoms with E-state index >= 15 is 0 Å². The fourth-order valence-corrected chi connectivity index (χ4v) is 5.30. The molecule has 1 N–H and O–H groups in total. The Hall–Kier alpha value is -2.49. The van der Waals surface area contributed by atoms with Gasteiger partial charge in [-0.1, -0.05) is 0 Å². The van der Waals surface area contributed by atoms with E-state index in [2.05, 4.69) is 15.2 Å². The van der Waals surface area contributed by atoms with E-state index in [4.69, 9.17) is 24.2 Å². The topological polar surface area (TPSA) is 81.6 Å². The van der Waals surface area contributed by atoms with Gasteiger partial charge in [-0.3, -0.25) is 0 Å². The number of benzene rings is 1. The van der Waals surface area contributed by atoms with Gasteiger partial charge in [0.05, 0.1) is 31.9 Å². The lowest BCUT2D eigenvalue weighted by Crippen LogP contribution is -2.30. The van der Waals surface area contributed by atoms with Gasteiger partial charge in [-0.25, -0.2) is 15.0 Å². The second kappa shape index (κ2) is 10.8. The summed E-state index contributed by atoms with van der Waals surface area (Å²) in [5, 5.41) is 5.31. The molecule has 2 saturated heterocycles. The SMILES string of the molecule is COc1cc2c(NC3CCCOC3)nc(-c3ncc(C)s3)nc2cc1OCCCN1CCCC1. The van der Waals surface area contributed by atoms with Crippen molar-refractivity contribution in [2.75, 3.05) is 51.9 Å². The third-order valence-corrected chi connectivity index (χ3v) is 7.28. The number of thiazole rings is 1. The van der Waals surface area contributed by atoms with Crippen molar-refractivity contribution in [3.63, 3.8) is 0 Å². The zero-order valence-corrected chi connectivity index (χ0v) is 20.8. The number of ether oxygens (including phenoxy) is 3. The highest BCUT2D eigenvalue weighted by molar-refractivity contribution is 7.14. The second-order valence-corrected chi connectivity index (χ2v) is 10.2. The molecule has 1 atom stereocenters. The minimum absolute atomic E-state index is 0.213. The highest BCUT2D eigenvalue weighted by Gasteiger charge is 2.20. The summed E-state index contributed by atoms with van der Waals surface area (Å²) in [6.45, 7) is 7.66. The Kier molecular flexibility index (Phi) is 7.42. The Morgan fingerprint density at radius 1 is 1.18 bits per heavy atom. The molecule has 2 aromatic heterocycles. The van der Waals surface area contributed by atoms with E-state index in [1.165, 1.54) is 25.9 Å². The molecule has 3 aromatic rings. The van der Waals surface area contributed by atoms with Crippen molar-refractivity contribution in [2.45, 2.75) is 45.1 Å². The van der Waals surface area contributed by atoms with Crippen LogP contribution in [0.3, 0.4) is 0 Å². The first kappa shape index (κ1) is 23.3. The molecule has 0 saturated carbocycles. The number of hydrogen-bond acceptors (Lipinski definition) is 9. The number of anilines is 1. The average molecular weight is 484 g/mol. The molecule has 34 heavy (non-hydrogen) atoms. The zero-order chi connectivity index (χ0) is 23.3. The molecule has 1 unspecified atom stereocenters. The van der Waals surface area contributed by atoms with Crippen LogP contribution in [0.2, 0.25) is 0 Å². The molecule has 0 radical (unpaired) electrons. The van der Waals surface area contributed by atoms with Gasteiger partial charge in [-0.2, -0.15) is 0 Å². The molecule has 1 aromatic carbocycles. The van der Waals surface area contributed by atoms with Crippen LogP contribution in [0, 0.1) is 6.92 Å². The number of rotatable bonds is 9. The molecule has 9 heteroatoms. The van der Waals surface area contributed by atoms with Gasteiger partial charge in [0.2, 0.25) is 0 Å². The van der Waals surface area contributed by atoms with Crippen molar-refractivity contribution in [2.24, 2.45) is 0 Å². The van der Waals surface area contributed by atoms with Crippen molar-refractivity contribution in [1.82, 2.24) is 19.9 Å². The summed E-state index contributed by atoms with van der Waals surface area (Å²) < 4.78 is 17.5. The fraction of sp³-hybridized carbons (Fsp3) is 0.560. The van der Waals surface area contributed by atoms with Crippen molar-refractivity contribution in [1.29, 1.82) is 0 Å². The van der Waals surface area contributed by atoms with Crippen molar-refractivity contribution in [3.05, 3.63) is 23.2 Å². The maximum Gasteiger partial charge on any atom is 0.191 e. The molecular weight excluding hydrogens is 450 g/mol. The largest absolute Gasteiger partial charge is 0.493 e. The first-order chi connectivity index (χ1) is 16.7. The summed E-state index contributed by atoms with van der Waals surface area (Å²) in [5.74, 6) is 2.80. The van der Waals surface area contributed by atoms with Crippen LogP contribution in [-0.2, 0) is 4.74 Å². The maximum atomic E-state index is 6.17. The van der Waals surface area contributed by atoms with Crippen molar-refractivity contribution < 1.29 is 14.2 Å². The van der Waals surface area contributed by atoms with Crippen LogP contribution < -0.4 is 14.8 Å². The summed E-state index contributed by atoms with van der Waals surface area (Å²) in [6.07, 6.45) is 7.55. The average Bonchev–Trinajstić information content (AvgIpc) is 3.54. The lowest BCUT2D eigenvalue weighted by atomic mass is 10.1. The van der Waals surface area contributed by atoms with E-state index in [-0.39, 0.29) is 6.04 Å². The fourth-order valence-electron chi connectivity index (χ4n) is 4.60. The lowest BCUT2D eigenvalue weighted by molar-refractivity contribution is 0.0875. The number of likely N-dealkylation sites (tertiary alicyclic amines) is 1. The number of hydrogen-bond donors (Lipinski definition) is 1. The van der Waals surface area contributed by atoms with Crippen molar-refractivity contribution in [3.8, 4) is 22.3 Å². The summed E-state index contributed by atoms with van der Waals surface area (Å²) in [7, 11) is 1.67. The Morgan fingerprint density at radius 2 is 2.06 bits per heavy atom. The summed E-state index contributed by atoms with van der Waals surface area (Å²) in [5.41, 5.74) is 0.812. The van der Waals surface area contributed by atoms with Crippen molar-refractivity contribution >= 4 is 28.1 Å². The molecule has 182 valence electrons. The van der Waals surface area contributed by atoms with E-state index in [1.54, 1.807) is 18.4 Å². The molecule has 4 heterocycles. The predicted octanol–water partition coefficient (Wildman–Crippen LogP) is 4.53. The molecule has 0 bridgehead atoms. The Bertz CT molecular complexity index is 1110. The monoisotopic (exact) mass is 483 g/mol. The van der Waals surface area contributed by atoms with Crippen LogP contribution in [-0.4, -0.2) is 72.5 Å². The Balaban J connectivity index is 1.43. The molecule has 5 rings (SSSR count). The van der Waals surface area contributed by atoms with Crippen LogP contribution >= 0.6 is 11.3 Å². The van der Waals surface area contributed by atoms with Gasteiger partial charge < -0.3 is 24.4 Å². The smallest absolute Gasteiger partial charge is 0.191 e. The minimum Gasteiger partial charge on any atom is -0.493 e. The number of methoxy groups -OCH3 is 1. The number of nitrogens with zero attached hydrogens (tertiary/aromatic N) is 4. The Labute approximate surface area is 204 Å². The van der Waals surface area contributed by atoms with E-state index in [0.717, 1.165) is 59.0 Å². The van der Waals surface area contributed by atoms with E-state index in [1.807, 2.05) is 25.3 Å². The summed E-state index contributed by atoms with van der Waals surface area (Å²) in [4.78, 5) is 17.9. The van der Waals surface area contributed by atoms with E-state index in [0.29, 0.717) is 30.5 Å². The summed E-state index contributed by atoms with van der Waals surface area (Å²) >= 11 is 1.60. The van der Waals surface area contributed by atoms with Gasteiger partial charge in [0.15, 0.2) is 22.3 Å². The first-order valence-electron chi connectivity index (χ1n) is 12.2. The first-order valence-corrected chi connectivity index (χ1v) is 13.0. The second-order valence-electron chi connectivity index (χ2n) is 9.00. The number of aryl methyl sites for hydroxylation is 1. The molecule has 2 aliphatic rings. The van der Waals surface area contributed by atoms with E-state index in [9.17, 15) is 0 Å². The normalized spacial score (nSPS) is 18.9. The molecule has 8 nitrogen and oxygen atoms in total. The minimum atomic E-state index is 0.213. The zero-order valence-electron chi connectivity index (χ0n) is 20.0. The van der Waals surface area contributed by atoms with Gasteiger partial charge in [0, 0.05) is 35.7 Å². The molecular formula is C25H33N5O3S. The van der Waals surface area contributed by atoms with Crippen LogP contribution in [0.4, 0.5) is 5.82 Å². The highest BCUT2D eigenvalue weighted by Crippen LogP contribution is 2.36. The molecule has 2 fully saturated rings. The summed E-state index contributed by atoms with van der Waals surface area (Å²) in [6, 6.07) is 4.16. The number of nitrogens with one attached hydrogen (secondary N) is 1. The van der Waals surface area contributed by atoms with Crippen LogP contribution in [0.1, 0.15) is 37.0 Å². The van der Waals surface area contributed by atoms with Gasteiger partial charge in [0.1, 0.15) is 5.82 Å². The van der Waals surface area contributed by atoms with Gasteiger partial charge in [-0.05, 0) is 58.2 Å². The Morgan fingerprint density at radius 3 is 2.79 bits per heavy atom.